The van der Waals surface area contributed by atoms with Crippen molar-refractivity contribution in [3.05, 3.63) is 35.4 Å². The lowest BCUT2D eigenvalue weighted by Crippen LogP contribution is -2.64. The molecular formula is C21H29N3O3. The van der Waals surface area contributed by atoms with Crippen LogP contribution in [0.5, 0.6) is 0 Å². The molecule has 3 atom stereocenters. The number of carbonyl (C=O) groups excluding carboxylic acids is 1. The molecule has 3 saturated heterocycles. The molecule has 3 heterocycles. The summed E-state index contributed by atoms with van der Waals surface area (Å²) in [7, 11) is 0. The quantitative estimate of drug-likeness (QED) is 0.833. The number of aliphatic hydroxyl groups excluding tert-OH is 1. The van der Waals surface area contributed by atoms with Crippen LogP contribution < -0.4 is 5.32 Å². The lowest BCUT2D eigenvalue weighted by molar-refractivity contribution is -0.107. The molecule has 1 aliphatic carbocycles. The summed E-state index contributed by atoms with van der Waals surface area (Å²) >= 11 is 0. The van der Waals surface area contributed by atoms with E-state index in [0.717, 1.165) is 32.0 Å². The number of hydrogen-bond acceptors (Lipinski definition) is 4. The molecule has 0 bridgehead atoms. The summed E-state index contributed by atoms with van der Waals surface area (Å²) in [6.07, 6.45) is 4.34. The third-order valence-electron chi connectivity index (χ3n) is 6.83. The van der Waals surface area contributed by atoms with E-state index in [0.29, 0.717) is 19.1 Å². The van der Waals surface area contributed by atoms with Crippen molar-refractivity contribution in [1.82, 2.24) is 15.1 Å². The van der Waals surface area contributed by atoms with Crippen LogP contribution in [0.2, 0.25) is 0 Å². The normalized spacial score (nSPS) is 31.8. The minimum Gasteiger partial charge on any atom is -0.376 e. The van der Waals surface area contributed by atoms with E-state index < -0.39 is 6.23 Å². The highest BCUT2D eigenvalue weighted by Gasteiger charge is 2.40. The smallest absolute Gasteiger partial charge is 0.320 e. The van der Waals surface area contributed by atoms with Crippen molar-refractivity contribution < 1.29 is 14.6 Å². The summed E-state index contributed by atoms with van der Waals surface area (Å²) in [4.78, 5) is 16.7. The predicted octanol–water partition coefficient (Wildman–Crippen LogP) is 1.85. The Hall–Kier alpha value is -1.63. The fourth-order valence-corrected chi connectivity index (χ4v) is 4.80. The van der Waals surface area contributed by atoms with Gasteiger partial charge in [-0.3, -0.25) is 5.32 Å². The molecule has 6 nitrogen and oxygen atoms in total. The third kappa shape index (κ3) is 3.35. The van der Waals surface area contributed by atoms with Crippen LogP contribution >= 0.6 is 0 Å². The van der Waals surface area contributed by atoms with Crippen molar-refractivity contribution in [2.75, 3.05) is 32.8 Å². The van der Waals surface area contributed by atoms with Crippen molar-refractivity contribution in [2.45, 2.75) is 55.9 Å². The number of nitrogens with one attached hydrogen (secondary N) is 1. The summed E-state index contributed by atoms with van der Waals surface area (Å²) in [5, 5.41) is 12.9. The predicted molar refractivity (Wildman–Crippen MR) is 102 cm³/mol. The molecule has 3 aliphatic heterocycles. The van der Waals surface area contributed by atoms with Crippen LogP contribution in [0.3, 0.4) is 0 Å². The van der Waals surface area contributed by atoms with Crippen LogP contribution in [-0.2, 0) is 4.74 Å². The van der Waals surface area contributed by atoms with Gasteiger partial charge in [0, 0.05) is 32.1 Å². The van der Waals surface area contributed by atoms with Crippen LogP contribution in [0.15, 0.2) is 24.3 Å². The largest absolute Gasteiger partial charge is 0.376 e. The molecule has 0 spiro atoms. The number of hydrogen-bond donors (Lipinski definition) is 2. The Kier molecular flexibility index (Phi) is 4.58. The van der Waals surface area contributed by atoms with E-state index in [2.05, 4.69) is 29.6 Å². The summed E-state index contributed by atoms with van der Waals surface area (Å²) < 4.78 is 5.67. The van der Waals surface area contributed by atoms with E-state index in [4.69, 9.17) is 4.74 Å². The SMILES string of the molecule is O=C(N1CC(c2ccc(C3CCC3)cc2)C1)N1CCC2OCC(O)N[C@@H]2C1. The minimum atomic E-state index is -0.627. The Labute approximate surface area is 160 Å². The first kappa shape index (κ1) is 17.5. The first-order chi connectivity index (χ1) is 13.2. The van der Waals surface area contributed by atoms with Gasteiger partial charge in [0.1, 0.15) is 6.23 Å². The van der Waals surface area contributed by atoms with E-state index in [1.807, 2.05) is 9.80 Å². The molecule has 2 N–H and O–H groups in total. The second kappa shape index (κ2) is 7.08. The molecule has 0 radical (unpaired) electrons. The number of morpholine rings is 1. The number of fused-ring (bicyclic) bond motifs is 1. The van der Waals surface area contributed by atoms with Gasteiger partial charge in [-0.05, 0) is 36.3 Å². The van der Waals surface area contributed by atoms with Gasteiger partial charge in [-0.15, -0.1) is 0 Å². The second-order valence-corrected chi connectivity index (χ2v) is 8.57. The fraction of sp³-hybridized carbons (Fsp3) is 0.667. The molecular weight excluding hydrogens is 342 g/mol. The fourth-order valence-electron chi connectivity index (χ4n) is 4.80. The van der Waals surface area contributed by atoms with Gasteiger partial charge in [-0.1, -0.05) is 30.7 Å². The first-order valence-electron chi connectivity index (χ1n) is 10.4. The summed E-state index contributed by atoms with van der Waals surface area (Å²) in [6, 6.07) is 9.25. The summed E-state index contributed by atoms with van der Waals surface area (Å²) in [5.41, 5.74) is 2.83. The van der Waals surface area contributed by atoms with Crippen LogP contribution in [0.4, 0.5) is 4.79 Å². The van der Waals surface area contributed by atoms with Gasteiger partial charge < -0.3 is 19.6 Å². The maximum Gasteiger partial charge on any atom is 0.320 e. The number of amides is 2. The molecule has 4 fully saturated rings. The minimum absolute atomic E-state index is 0.0302. The zero-order valence-corrected chi connectivity index (χ0v) is 15.7. The molecule has 2 amide bonds. The molecule has 4 aliphatic rings. The second-order valence-electron chi connectivity index (χ2n) is 8.57. The molecule has 1 aromatic carbocycles. The highest BCUT2D eigenvalue weighted by Crippen LogP contribution is 2.37. The average Bonchev–Trinajstić information content (AvgIpc) is 2.59. The Bertz CT molecular complexity index is 684. The number of benzene rings is 1. The lowest BCUT2D eigenvalue weighted by Gasteiger charge is -2.47. The maximum absolute atomic E-state index is 12.8. The monoisotopic (exact) mass is 371 g/mol. The highest BCUT2D eigenvalue weighted by atomic mass is 16.5. The van der Waals surface area contributed by atoms with Crippen LogP contribution in [0.25, 0.3) is 0 Å². The molecule has 27 heavy (non-hydrogen) atoms. The number of likely N-dealkylation sites (tertiary alicyclic amines) is 2. The molecule has 1 saturated carbocycles. The van der Waals surface area contributed by atoms with E-state index in [1.165, 1.54) is 30.4 Å². The van der Waals surface area contributed by atoms with Crippen molar-refractivity contribution in [1.29, 1.82) is 0 Å². The number of nitrogens with zero attached hydrogens (tertiary/aromatic N) is 2. The highest BCUT2D eigenvalue weighted by molar-refractivity contribution is 5.76. The van der Waals surface area contributed by atoms with E-state index in [1.54, 1.807) is 0 Å². The lowest BCUT2D eigenvalue weighted by atomic mass is 9.79. The molecule has 6 heteroatoms. The van der Waals surface area contributed by atoms with Gasteiger partial charge in [0.2, 0.25) is 0 Å². The van der Waals surface area contributed by atoms with Gasteiger partial charge in [0.15, 0.2) is 0 Å². The topological polar surface area (TPSA) is 65.0 Å². The Morgan fingerprint density at radius 1 is 1.00 bits per heavy atom. The van der Waals surface area contributed by atoms with Gasteiger partial charge >= 0.3 is 6.03 Å². The first-order valence-corrected chi connectivity index (χ1v) is 10.4. The van der Waals surface area contributed by atoms with Gasteiger partial charge in [-0.2, -0.15) is 0 Å². The van der Waals surface area contributed by atoms with Gasteiger partial charge in [0.25, 0.3) is 0 Å². The Morgan fingerprint density at radius 2 is 1.70 bits per heavy atom. The number of rotatable bonds is 2. The summed E-state index contributed by atoms with van der Waals surface area (Å²) in [6.45, 7) is 3.28. The van der Waals surface area contributed by atoms with Crippen LogP contribution in [0.1, 0.15) is 48.6 Å². The molecule has 146 valence electrons. The summed E-state index contributed by atoms with van der Waals surface area (Å²) in [5.74, 6) is 1.23. The standard InChI is InChI=1S/C21H29N3O3/c25-20-13-27-19-8-9-23(12-18(19)22-20)21(26)24-10-17(11-24)16-6-4-15(5-7-16)14-2-1-3-14/h4-7,14,17-20,22,25H,1-3,8-13H2/t18-,19?,20?/m1/s1. The molecule has 1 aromatic rings. The number of ether oxygens (including phenoxy) is 1. The molecule has 2 unspecified atom stereocenters. The maximum atomic E-state index is 12.8. The average molecular weight is 371 g/mol. The van der Waals surface area contributed by atoms with E-state index in [-0.39, 0.29) is 18.2 Å². The number of urea groups is 1. The van der Waals surface area contributed by atoms with Gasteiger partial charge in [-0.25, -0.2) is 4.79 Å². The molecule has 5 rings (SSSR count). The van der Waals surface area contributed by atoms with Crippen molar-refractivity contribution in [2.24, 2.45) is 0 Å². The zero-order chi connectivity index (χ0) is 18.4. The number of piperidine rings is 1. The number of aliphatic hydroxyl groups is 1. The van der Waals surface area contributed by atoms with Crippen LogP contribution in [0, 0.1) is 0 Å². The third-order valence-corrected chi connectivity index (χ3v) is 6.83. The van der Waals surface area contributed by atoms with Crippen molar-refractivity contribution in [3.8, 4) is 0 Å². The molecule has 0 aromatic heterocycles. The zero-order valence-electron chi connectivity index (χ0n) is 15.7. The Balaban J connectivity index is 1.14. The van der Waals surface area contributed by atoms with E-state index in [9.17, 15) is 9.90 Å². The number of carbonyl (C=O) groups is 1. The van der Waals surface area contributed by atoms with Crippen LogP contribution in [-0.4, -0.2) is 72.1 Å². The van der Waals surface area contributed by atoms with E-state index >= 15 is 0 Å². The van der Waals surface area contributed by atoms with Crippen molar-refractivity contribution >= 4 is 6.03 Å². The van der Waals surface area contributed by atoms with Gasteiger partial charge in [0.05, 0.1) is 18.8 Å². The van der Waals surface area contributed by atoms with Crippen molar-refractivity contribution in [3.63, 3.8) is 0 Å². The Morgan fingerprint density at radius 3 is 2.37 bits per heavy atom.